The molecule has 2 rings (SSSR count). The number of nitrogens with one attached hydrogen (secondary N) is 1. The molecular formula is C10H12BN3O. The van der Waals surface area contributed by atoms with Crippen molar-refractivity contribution in [3.63, 3.8) is 0 Å². The number of nitrogens with zero attached hydrogens (tertiary/aromatic N) is 2. The second kappa shape index (κ2) is 4.36. The first-order chi connectivity index (χ1) is 7.31. The highest BCUT2D eigenvalue weighted by Crippen LogP contribution is 2.12. The van der Waals surface area contributed by atoms with Gasteiger partial charge in [0.15, 0.2) is 5.65 Å². The smallest absolute Gasteiger partial charge is 0.160 e. The van der Waals surface area contributed by atoms with Gasteiger partial charge in [-0.05, 0) is 6.07 Å². The second-order valence-electron chi connectivity index (χ2n) is 3.26. The summed E-state index contributed by atoms with van der Waals surface area (Å²) >= 11 is 0. The van der Waals surface area contributed by atoms with Gasteiger partial charge in [0.05, 0.1) is 12.3 Å². The minimum Gasteiger partial charge on any atom is -0.383 e. The molecule has 0 bridgehead atoms. The molecule has 0 aromatic carbocycles. The van der Waals surface area contributed by atoms with Crippen molar-refractivity contribution in [1.82, 2.24) is 9.38 Å². The fraction of sp³-hybridized carbons (Fsp3) is 0.300. The van der Waals surface area contributed by atoms with Crippen LogP contribution >= 0.6 is 0 Å². The van der Waals surface area contributed by atoms with Crippen LogP contribution in [0.5, 0.6) is 0 Å². The van der Waals surface area contributed by atoms with Gasteiger partial charge in [-0.2, -0.15) is 0 Å². The Bertz CT molecular complexity index is 455. The molecule has 0 saturated heterocycles. The average Bonchev–Trinajstić information content (AvgIpc) is 2.65. The Morgan fingerprint density at radius 3 is 3.27 bits per heavy atom. The van der Waals surface area contributed by atoms with E-state index in [9.17, 15) is 0 Å². The van der Waals surface area contributed by atoms with Crippen molar-refractivity contribution in [2.75, 3.05) is 25.6 Å². The van der Waals surface area contributed by atoms with Crippen LogP contribution in [0, 0.1) is 0 Å². The van der Waals surface area contributed by atoms with E-state index in [1.165, 1.54) is 0 Å². The summed E-state index contributed by atoms with van der Waals surface area (Å²) in [7, 11) is 7.44. The fourth-order valence-corrected chi connectivity index (χ4v) is 1.47. The highest BCUT2D eigenvalue weighted by Gasteiger charge is 2.02. The zero-order valence-electron chi connectivity index (χ0n) is 8.60. The van der Waals surface area contributed by atoms with E-state index >= 15 is 0 Å². The number of imidazole rings is 1. The third-order valence-electron chi connectivity index (χ3n) is 2.13. The molecular weight excluding hydrogens is 189 g/mol. The molecule has 15 heavy (non-hydrogen) atoms. The zero-order valence-corrected chi connectivity index (χ0v) is 8.60. The molecule has 2 heterocycles. The monoisotopic (exact) mass is 201 g/mol. The van der Waals surface area contributed by atoms with Gasteiger partial charge < -0.3 is 14.5 Å². The van der Waals surface area contributed by atoms with Crippen LogP contribution in [-0.2, 0) is 4.74 Å². The van der Waals surface area contributed by atoms with E-state index in [0.29, 0.717) is 12.1 Å². The Labute approximate surface area is 89.7 Å². The molecule has 0 atom stereocenters. The highest BCUT2D eigenvalue weighted by atomic mass is 16.5. The maximum atomic E-state index is 5.77. The molecule has 0 aliphatic carbocycles. The normalized spacial score (nSPS) is 10.7. The van der Waals surface area contributed by atoms with E-state index in [2.05, 4.69) is 10.3 Å². The van der Waals surface area contributed by atoms with Crippen molar-refractivity contribution >= 4 is 24.6 Å². The number of methoxy groups -OCH3 is 1. The lowest BCUT2D eigenvalue weighted by molar-refractivity contribution is 0.211. The molecule has 2 aromatic heterocycles. The SMILES string of the molecule is [B]c1cc(NCCOC)c2nccn2c1. The summed E-state index contributed by atoms with van der Waals surface area (Å²) in [6.45, 7) is 1.39. The molecule has 2 aromatic rings. The quantitative estimate of drug-likeness (QED) is 0.566. The molecule has 5 heteroatoms. The Hall–Kier alpha value is -1.49. The third-order valence-corrected chi connectivity index (χ3v) is 2.13. The van der Waals surface area contributed by atoms with E-state index in [1.807, 2.05) is 22.9 Å². The van der Waals surface area contributed by atoms with Crippen molar-refractivity contribution in [2.45, 2.75) is 0 Å². The summed E-state index contributed by atoms with van der Waals surface area (Å²) in [4.78, 5) is 4.24. The molecule has 76 valence electrons. The van der Waals surface area contributed by atoms with Gasteiger partial charge in [0.1, 0.15) is 7.85 Å². The lowest BCUT2D eigenvalue weighted by Gasteiger charge is -2.08. The lowest BCUT2D eigenvalue weighted by atomic mass is 9.98. The summed E-state index contributed by atoms with van der Waals surface area (Å²) in [6, 6.07) is 1.87. The molecule has 0 fully saturated rings. The van der Waals surface area contributed by atoms with Crippen molar-refractivity contribution < 1.29 is 4.74 Å². The third kappa shape index (κ3) is 2.13. The fourth-order valence-electron chi connectivity index (χ4n) is 1.47. The van der Waals surface area contributed by atoms with Gasteiger partial charge in [0.2, 0.25) is 0 Å². The Balaban J connectivity index is 2.27. The topological polar surface area (TPSA) is 38.6 Å². The van der Waals surface area contributed by atoms with Gasteiger partial charge in [0.25, 0.3) is 0 Å². The molecule has 0 saturated carbocycles. The average molecular weight is 201 g/mol. The number of anilines is 1. The molecule has 0 unspecified atom stereocenters. The number of hydrogen-bond acceptors (Lipinski definition) is 3. The lowest BCUT2D eigenvalue weighted by Crippen LogP contribution is -2.13. The van der Waals surface area contributed by atoms with Crippen LogP contribution in [0.4, 0.5) is 5.69 Å². The number of pyridine rings is 1. The number of aromatic nitrogens is 2. The first-order valence-corrected chi connectivity index (χ1v) is 4.76. The Kier molecular flexibility index (Phi) is 2.92. The summed E-state index contributed by atoms with van der Waals surface area (Å²) in [5.41, 5.74) is 2.51. The highest BCUT2D eigenvalue weighted by molar-refractivity contribution is 6.32. The van der Waals surface area contributed by atoms with Crippen LogP contribution in [0.3, 0.4) is 0 Å². The number of ether oxygens (including phenoxy) is 1. The molecule has 4 nitrogen and oxygen atoms in total. The van der Waals surface area contributed by atoms with Gasteiger partial charge >= 0.3 is 0 Å². The predicted molar refractivity (Wildman–Crippen MR) is 60.9 cm³/mol. The van der Waals surface area contributed by atoms with Crippen molar-refractivity contribution in [1.29, 1.82) is 0 Å². The molecule has 0 spiro atoms. The molecule has 2 radical (unpaired) electrons. The van der Waals surface area contributed by atoms with Crippen LogP contribution in [0.15, 0.2) is 24.7 Å². The Morgan fingerprint density at radius 2 is 2.47 bits per heavy atom. The van der Waals surface area contributed by atoms with Crippen LogP contribution in [0.2, 0.25) is 0 Å². The number of hydrogen-bond donors (Lipinski definition) is 1. The van der Waals surface area contributed by atoms with Crippen LogP contribution in [0.25, 0.3) is 5.65 Å². The number of rotatable bonds is 4. The molecule has 0 aliphatic heterocycles. The van der Waals surface area contributed by atoms with Crippen LogP contribution < -0.4 is 10.8 Å². The predicted octanol–water partition coefficient (Wildman–Crippen LogP) is 0.186. The maximum Gasteiger partial charge on any atom is 0.160 e. The second-order valence-corrected chi connectivity index (χ2v) is 3.26. The maximum absolute atomic E-state index is 5.77. The van der Waals surface area contributed by atoms with E-state index in [1.54, 1.807) is 13.3 Å². The minimum absolute atomic E-state index is 0.654. The van der Waals surface area contributed by atoms with Crippen molar-refractivity contribution in [3.05, 3.63) is 24.7 Å². The Morgan fingerprint density at radius 1 is 1.60 bits per heavy atom. The molecule has 0 aliphatic rings. The first kappa shape index (κ1) is 10.0. The molecule has 1 N–H and O–H groups in total. The van der Waals surface area contributed by atoms with Crippen LogP contribution in [-0.4, -0.2) is 37.5 Å². The summed E-state index contributed by atoms with van der Waals surface area (Å²) in [5.74, 6) is 0. The van der Waals surface area contributed by atoms with Gasteiger partial charge in [-0.25, -0.2) is 4.98 Å². The molecule has 0 amide bonds. The van der Waals surface area contributed by atoms with Crippen LogP contribution in [0.1, 0.15) is 0 Å². The summed E-state index contributed by atoms with van der Waals surface area (Å²) in [6.07, 6.45) is 5.45. The van der Waals surface area contributed by atoms with E-state index in [-0.39, 0.29) is 0 Å². The number of fused-ring (bicyclic) bond motifs is 1. The standard InChI is InChI=1S/C10H12BN3O/c1-15-5-3-12-9-6-8(11)7-14-4-2-13-10(9)14/h2,4,6-7,12H,3,5H2,1H3. The van der Waals surface area contributed by atoms with Gasteiger partial charge in [0, 0.05) is 32.2 Å². The van der Waals surface area contributed by atoms with E-state index < -0.39 is 0 Å². The van der Waals surface area contributed by atoms with E-state index in [0.717, 1.165) is 17.9 Å². The van der Waals surface area contributed by atoms with Gasteiger partial charge in [-0.15, -0.1) is 0 Å². The van der Waals surface area contributed by atoms with Gasteiger partial charge in [-0.1, -0.05) is 5.46 Å². The summed E-state index contributed by atoms with van der Waals surface area (Å²) < 4.78 is 6.86. The summed E-state index contributed by atoms with van der Waals surface area (Å²) in [5, 5.41) is 3.23. The van der Waals surface area contributed by atoms with Crippen molar-refractivity contribution in [2.24, 2.45) is 0 Å². The van der Waals surface area contributed by atoms with Gasteiger partial charge in [-0.3, -0.25) is 0 Å². The van der Waals surface area contributed by atoms with Crippen molar-refractivity contribution in [3.8, 4) is 0 Å². The zero-order chi connectivity index (χ0) is 10.7. The largest absolute Gasteiger partial charge is 0.383 e. The van der Waals surface area contributed by atoms with E-state index in [4.69, 9.17) is 12.6 Å². The minimum atomic E-state index is 0.654. The first-order valence-electron chi connectivity index (χ1n) is 4.76.